The predicted octanol–water partition coefficient (Wildman–Crippen LogP) is 1.29. The molecule has 1 aliphatic rings. The van der Waals surface area contributed by atoms with Crippen molar-refractivity contribution in [1.29, 1.82) is 0 Å². The summed E-state index contributed by atoms with van der Waals surface area (Å²) in [7, 11) is -3.45. The monoisotopic (exact) mass is 391 g/mol. The van der Waals surface area contributed by atoms with E-state index in [1.165, 1.54) is 17.7 Å². The van der Waals surface area contributed by atoms with E-state index in [2.05, 4.69) is 5.32 Å². The third kappa shape index (κ3) is 5.20. The van der Waals surface area contributed by atoms with Crippen LogP contribution in [-0.4, -0.2) is 39.7 Å². The summed E-state index contributed by atoms with van der Waals surface area (Å²) in [5.74, 6) is 0.421. The fourth-order valence-electron chi connectivity index (χ4n) is 3.51. The maximum atomic E-state index is 12.4. The fourth-order valence-corrected chi connectivity index (χ4v) is 4.75. The highest BCUT2D eigenvalue weighted by Crippen LogP contribution is 2.14. The van der Waals surface area contributed by atoms with Crippen LogP contribution in [0.15, 0.2) is 52.0 Å². The van der Waals surface area contributed by atoms with Crippen molar-refractivity contribution in [3.63, 3.8) is 0 Å². The number of sulfone groups is 1. The SMILES string of the molecule is Cc1ccc(S(=O)(=O)CCC(=O)NC[C@@H](c2ccco2)[NH+]2CCCC2)cc1. The van der Waals surface area contributed by atoms with Gasteiger partial charge in [-0.25, -0.2) is 8.42 Å². The van der Waals surface area contributed by atoms with Crippen molar-refractivity contribution in [3.05, 3.63) is 54.0 Å². The van der Waals surface area contributed by atoms with Gasteiger partial charge in [0, 0.05) is 19.3 Å². The molecule has 3 rings (SSSR count). The maximum Gasteiger partial charge on any atom is 0.221 e. The van der Waals surface area contributed by atoms with Gasteiger partial charge in [-0.3, -0.25) is 4.79 Å². The van der Waals surface area contributed by atoms with Crippen LogP contribution in [0.4, 0.5) is 0 Å². The Hall–Kier alpha value is -2.12. The highest BCUT2D eigenvalue weighted by molar-refractivity contribution is 7.91. The lowest BCUT2D eigenvalue weighted by molar-refractivity contribution is -0.919. The van der Waals surface area contributed by atoms with Gasteiger partial charge < -0.3 is 14.6 Å². The molecule has 0 saturated carbocycles. The minimum atomic E-state index is -3.45. The molecule has 2 heterocycles. The Morgan fingerprint density at radius 1 is 1.19 bits per heavy atom. The summed E-state index contributed by atoms with van der Waals surface area (Å²) >= 11 is 0. The second-order valence-electron chi connectivity index (χ2n) is 7.12. The van der Waals surface area contributed by atoms with Gasteiger partial charge >= 0.3 is 0 Å². The lowest BCUT2D eigenvalue weighted by Gasteiger charge is -2.23. The number of carbonyl (C=O) groups is 1. The molecule has 1 aromatic carbocycles. The first-order chi connectivity index (χ1) is 13.0. The summed E-state index contributed by atoms with van der Waals surface area (Å²) in [6, 6.07) is 10.6. The largest absolute Gasteiger partial charge is 0.463 e. The number of amides is 1. The van der Waals surface area contributed by atoms with E-state index >= 15 is 0 Å². The first kappa shape index (κ1) is 19.6. The minimum Gasteiger partial charge on any atom is -0.463 e. The van der Waals surface area contributed by atoms with Crippen LogP contribution in [0.3, 0.4) is 0 Å². The zero-order valence-corrected chi connectivity index (χ0v) is 16.4. The molecule has 0 unspecified atom stereocenters. The van der Waals surface area contributed by atoms with Gasteiger partial charge in [-0.1, -0.05) is 17.7 Å². The molecule has 1 saturated heterocycles. The topological polar surface area (TPSA) is 80.8 Å². The van der Waals surface area contributed by atoms with E-state index in [0.29, 0.717) is 6.54 Å². The Kier molecular flexibility index (Phi) is 6.34. The average molecular weight is 392 g/mol. The van der Waals surface area contributed by atoms with Crippen LogP contribution in [0.25, 0.3) is 0 Å². The maximum absolute atomic E-state index is 12.4. The summed E-state index contributed by atoms with van der Waals surface area (Å²) in [6.07, 6.45) is 3.95. The van der Waals surface area contributed by atoms with Crippen molar-refractivity contribution in [2.75, 3.05) is 25.4 Å². The standard InChI is InChI=1S/C20H26N2O4S/c1-16-6-8-17(9-7-16)27(24,25)14-10-20(23)21-15-18(19-5-4-13-26-19)22-11-2-3-12-22/h4-9,13,18H,2-3,10-12,14-15H2,1H3,(H,21,23)/p+1/t18-/m0/s1. The summed E-state index contributed by atoms with van der Waals surface area (Å²) in [5.41, 5.74) is 1.00. The number of aryl methyl sites for hydroxylation is 1. The normalized spacial score (nSPS) is 16.3. The van der Waals surface area contributed by atoms with Gasteiger partial charge in [0.15, 0.2) is 21.6 Å². The van der Waals surface area contributed by atoms with Crippen molar-refractivity contribution in [1.82, 2.24) is 5.32 Å². The summed E-state index contributed by atoms with van der Waals surface area (Å²) in [4.78, 5) is 13.9. The number of likely N-dealkylation sites (tertiary alicyclic amines) is 1. The number of quaternary nitrogens is 1. The van der Waals surface area contributed by atoms with Gasteiger partial charge in [-0.2, -0.15) is 0 Å². The molecule has 27 heavy (non-hydrogen) atoms. The van der Waals surface area contributed by atoms with E-state index in [4.69, 9.17) is 4.42 Å². The quantitative estimate of drug-likeness (QED) is 0.711. The first-order valence-electron chi connectivity index (χ1n) is 9.40. The second kappa shape index (κ2) is 8.71. The molecule has 1 amide bonds. The highest BCUT2D eigenvalue weighted by Gasteiger charge is 2.29. The Bertz CT molecular complexity index is 839. The van der Waals surface area contributed by atoms with Crippen LogP contribution in [0.5, 0.6) is 0 Å². The number of rotatable bonds is 8. The van der Waals surface area contributed by atoms with Crippen LogP contribution in [-0.2, 0) is 14.6 Å². The molecule has 2 N–H and O–H groups in total. The Morgan fingerprint density at radius 2 is 1.89 bits per heavy atom. The molecule has 7 heteroatoms. The van der Waals surface area contributed by atoms with Crippen LogP contribution < -0.4 is 10.2 Å². The van der Waals surface area contributed by atoms with Crippen LogP contribution in [0, 0.1) is 6.92 Å². The Balaban J connectivity index is 1.54. The number of hydrogen-bond acceptors (Lipinski definition) is 4. The van der Waals surface area contributed by atoms with E-state index < -0.39 is 9.84 Å². The van der Waals surface area contributed by atoms with Crippen molar-refractivity contribution in [3.8, 4) is 0 Å². The predicted molar refractivity (Wildman–Crippen MR) is 102 cm³/mol. The molecule has 1 aromatic heterocycles. The first-order valence-corrected chi connectivity index (χ1v) is 11.0. The number of nitrogens with one attached hydrogen (secondary N) is 2. The van der Waals surface area contributed by atoms with Gasteiger partial charge in [-0.15, -0.1) is 0 Å². The molecule has 1 atom stereocenters. The summed E-state index contributed by atoms with van der Waals surface area (Å²) in [6.45, 7) is 4.47. The zero-order chi connectivity index (χ0) is 19.3. The third-order valence-corrected chi connectivity index (χ3v) is 6.84. The zero-order valence-electron chi connectivity index (χ0n) is 15.6. The lowest BCUT2D eigenvalue weighted by Crippen LogP contribution is -3.11. The van der Waals surface area contributed by atoms with Crippen LogP contribution >= 0.6 is 0 Å². The molecule has 1 aliphatic heterocycles. The highest BCUT2D eigenvalue weighted by atomic mass is 32.2. The number of carbonyl (C=O) groups excluding carboxylic acids is 1. The van der Waals surface area contributed by atoms with E-state index in [0.717, 1.165) is 24.4 Å². The molecule has 0 spiro atoms. The molecule has 2 aromatic rings. The minimum absolute atomic E-state index is 0.0452. The van der Waals surface area contributed by atoms with E-state index in [-0.39, 0.29) is 29.0 Å². The number of benzene rings is 1. The molecule has 6 nitrogen and oxygen atoms in total. The average Bonchev–Trinajstić information content (AvgIpc) is 3.35. The Morgan fingerprint density at radius 3 is 2.52 bits per heavy atom. The third-order valence-electron chi connectivity index (χ3n) is 5.11. The molecule has 0 radical (unpaired) electrons. The van der Waals surface area contributed by atoms with Crippen molar-refractivity contribution < 1.29 is 22.5 Å². The molecule has 1 fully saturated rings. The molecular formula is C20H27N2O4S+. The lowest BCUT2D eigenvalue weighted by atomic mass is 10.2. The van der Waals surface area contributed by atoms with Crippen molar-refractivity contribution in [2.45, 2.75) is 37.1 Å². The Labute approximate surface area is 160 Å². The molecular weight excluding hydrogens is 364 g/mol. The van der Waals surface area contributed by atoms with E-state index in [9.17, 15) is 13.2 Å². The van der Waals surface area contributed by atoms with Gasteiger partial charge in [0.1, 0.15) is 0 Å². The molecule has 146 valence electrons. The van der Waals surface area contributed by atoms with E-state index in [1.807, 2.05) is 19.1 Å². The fraction of sp³-hybridized carbons (Fsp3) is 0.450. The summed E-state index contributed by atoms with van der Waals surface area (Å²) < 4.78 is 30.3. The van der Waals surface area contributed by atoms with Crippen molar-refractivity contribution >= 4 is 15.7 Å². The van der Waals surface area contributed by atoms with Crippen LogP contribution in [0.1, 0.15) is 36.6 Å². The molecule has 0 aliphatic carbocycles. The second-order valence-corrected chi connectivity index (χ2v) is 9.23. The van der Waals surface area contributed by atoms with Gasteiger partial charge in [0.2, 0.25) is 5.91 Å². The number of furan rings is 1. The number of hydrogen-bond donors (Lipinski definition) is 2. The van der Waals surface area contributed by atoms with Gasteiger partial charge in [0.05, 0.1) is 36.5 Å². The van der Waals surface area contributed by atoms with Gasteiger partial charge in [0.25, 0.3) is 0 Å². The van der Waals surface area contributed by atoms with Crippen molar-refractivity contribution in [2.24, 2.45) is 0 Å². The molecule has 0 bridgehead atoms. The smallest absolute Gasteiger partial charge is 0.221 e. The van der Waals surface area contributed by atoms with Gasteiger partial charge in [-0.05, 0) is 31.2 Å². The summed E-state index contributed by atoms with van der Waals surface area (Å²) in [5, 5.41) is 2.90. The van der Waals surface area contributed by atoms with E-state index in [1.54, 1.807) is 30.5 Å². The van der Waals surface area contributed by atoms with Crippen LogP contribution in [0.2, 0.25) is 0 Å².